The lowest BCUT2D eigenvalue weighted by Crippen LogP contribution is -2.20. The number of aromatic nitrogens is 1. The molecule has 0 saturated heterocycles. The van der Waals surface area contributed by atoms with E-state index in [-0.39, 0.29) is 6.04 Å². The van der Waals surface area contributed by atoms with Crippen LogP contribution in [0.1, 0.15) is 30.0 Å². The molecule has 1 aromatic carbocycles. The minimum absolute atomic E-state index is 0.267. The standard InChI is InChI=1S/C13H14Cl2N2S/c1-2-12(17-8-13-16-5-6-18-13)9-3-4-10(14)11(15)7-9/h3-7,12,17H,2,8H2,1H3. The van der Waals surface area contributed by atoms with Crippen LogP contribution < -0.4 is 5.32 Å². The fourth-order valence-electron chi connectivity index (χ4n) is 1.78. The number of nitrogens with one attached hydrogen (secondary N) is 1. The third-order valence-electron chi connectivity index (χ3n) is 2.74. The molecule has 0 aliphatic rings. The van der Waals surface area contributed by atoms with Gasteiger partial charge < -0.3 is 5.32 Å². The van der Waals surface area contributed by atoms with Crippen LogP contribution in [0.25, 0.3) is 0 Å². The molecule has 0 amide bonds. The molecule has 2 rings (SSSR count). The van der Waals surface area contributed by atoms with Gasteiger partial charge in [-0.25, -0.2) is 4.98 Å². The monoisotopic (exact) mass is 300 g/mol. The van der Waals surface area contributed by atoms with E-state index >= 15 is 0 Å². The molecule has 18 heavy (non-hydrogen) atoms. The van der Waals surface area contributed by atoms with Gasteiger partial charge in [0.2, 0.25) is 0 Å². The van der Waals surface area contributed by atoms with Crippen LogP contribution in [0.15, 0.2) is 29.8 Å². The molecule has 0 bridgehead atoms. The Morgan fingerprint density at radius 1 is 1.33 bits per heavy atom. The fraction of sp³-hybridized carbons (Fsp3) is 0.308. The van der Waals surface area contributed by atoms with Gasteiger partial charge in [-0.05, 0) is 24.1 Å². The van der Waals surface area contributed by atoms with Crippen LogP contribution in [0.4, 0.5) is 0 Å². The Hall–Kier alpha value is -0.610. The van der Waals surface area contributed by atoms with Gasteiger partial charge in [-0.3, -0.25) is 0 Å². The highest BCUT2D eigenvalue weighted by molar-refractivity contribution is 7.09. The summed E-state index contributed by atoms with van der Waals surface area (Å²) in [6.45, 7) is 2.92. The molecule has 1 heterocycles. The quantitative estimate of drug-likeness (QED) is 0.866. The normalized spacial score (nSPS) is 12.6. The zero-order valence-electron chi connectivity index (χ0n) is 9.99. The first kappa shape index (κ1) is 13.8. The third kappa shape index (κ3) is 3.45. The van der Waals surface area contributed by atoms with Crippen molar-refractivity contribution in [3.63, 3.8) is 0 Å². The molecule has 0 aliphatic heterocycles. The van der Waals surface area contributed by atoms with Crippen LogP contribution in [0.2, 0.25) is 10.0 Å². The highest BCUT2D eigenvalue weighted by Crippen LogP contribution is 2.27. The number of hydrogen-bond acceptors (Lipinski definition) is 3. The number of rotatable bonds is 5. The molecule has 1 atom stereocenters. The Balaban J connectivity index is 2.05. The van der Waals surface area contributed by atoms with Crippen LogP contribution >= 0.6 is 34.5 Å². The number of benzene rings is 1. The second-order valence-corrected chi connectivity index (χ2v) is 5.73. The smallest absolute Gasteiger partial charge is 0.106 e. The van der Waals surface area contributed by atoms with E-state index in [1.807, 2.05) is 29.8 Å². The van der Waals surface area contributed by atoms with Gasteiger partial charge in [-0.2, -0.15) is 0 Å². The van der Waals surface area contributed by atoms with E-state index in [2.05, 4.69) is 17.2 Å². The van der Waals surface area contributed by atoms with Gasteiger partial charge in [0, 0.05) is 24.2 Å². The maximum Gasteiger partial charge on any atom is 0.106 e. The summed E-state index contributed by atoms with van der Waals surface area (Å²) in [4.78, 5) is 4.26. The van der Waals surface area contributed by atoms with Gasteiger partial charge in [-0.1, -0.05) is 36.2 Å². The molecule has 96 valence electrons. The van der Waals surface area contributed by atoms with Crippen LogP contribution in [0.5, 0.6) is 0 Å². The van der Waals surface area contributed by atoms with E-state index in [4.69, 9.17) is 23.2 Å². The second-order valence-electron chi connectivity index (χ2n) is 3.94. The molecule has 1 aromatic heterocycles. The van der Waals surface area contributed by atoms with Crippen molar-refractivity contribution >= 4 is 34.5 Å². The van der Waals surface area contributed by atoms with Gasteiger partial charge in [0.1, 0.15) is 5.01 Å². The molecular formula is C13H14Cl2N2S. The lowest BCUT2D eigenvalue weighted by molar-refractivity contribution is 0.518. The average Bonchev–Trinajstić information content (AvgIpc) is 2.87. The highest BCUT2D eigenvalue weighted by atomic mass is 35.5. The summed E-state index contributed by atoms with van der Waals surface area (Å²) < 4.78 is 0. The van der Waals surface area contributed by atoms with E-state index < -0.39 is 0 Å². The number of nitrogens with zero attached hydrogens (tertiary/aromatic N) is 1. The van der Waals surface area contributed by atoms with Crippen molar-refractivity contribution in [2.45, 2.75) is 25.9 Å². The Morgan fingerprint density at radius 3 is 2.78 bits per heavy atom. The fourth-order valence-corrected chi connectivity index (χ4v) is 2.65. The maximum absolute atomic E-state index is 6.04. The summed E-state index contributed by atoms with van der Waals surface area (Å²) in [5.74, 6) is 0. The summed E-state index contributed by atoms with van der Waals surface area (Å²) in [6.07, 6.45) is 2.81. The van der Waals surface area contributed by atoms with Crippen LogP contribution in [0.3, 0.4) is 0 Å². The van der Waals surface area contributed by atoms with Crippen molar-refractivity contribution in [2.24, 2.45) is 0 Å². The number of thiazole rings is 1. The zero-order valence-corrected chi connectivity index (χ0v) is 12.3. The third-order valence-corrected chi connectivity index (χ3v) is 4.26. The Morgan fingerprint density at radius 2 is 2.17 bits per heavy atom. The van der Waals surface area contributed by atoms with Gasteiger partial charge >= 0.3 is 0 Å². The van der Waals surface area contributed by atoms with E-state index in [1.165, 1.54) is 0 Å². The first-order chi connectivity index (χ1) is 8.70. The van der Waals surface area contributed by atoms with Crippen molar-refractivity contribution in [3.8, 4) is 0 Å². The molecule has 5 heteroatoms. The van der Waals surface area contributed by atoms with Crippen molar-refractivity contribution in [1.82, 2.24) is 10.3 Å². The van der Waals surface area contributed by atoms with Crippen molar-refractivity contribution < 1.29 is 0 Å². The Bertz CT molecular complexity index is 500. The largest absolute Gasteiger partial charge is 0.304 e. The molecule has 2 aromatic rings. The summed E-state index contributed by atoms with van der Waals surface area (Å²) in [6, 6.07) is 6.04. The topological polar surface area (TPSA) is 24.9 Å². The van der Waals surface area contributed by atoms with Crippen LogP contribution in [-0.2, 0) is 6.54 Å². The molecule has 1 N–H and O–H groups in total. The molecule has 2 nitrogen and oxygen atoms in total. The minimum Gasteiger partial charge on any atom is -0.304 e. The lowest BCUT2D eigenvalue weighted by atomic mass is 10.0. The second kappa shape index (κ2) is 6.53. The lowest BCUT2D eigenvalue weighted by Gasteiger charge is -2.17. The van der Waals surface area contributed by atoms with Crippen molar-refractivity contribution in [2.75, 3.05) is 0 Å². The van der Waals surface area contributed by atoms with E-state index in [0.29, 0.717) is 10.0 Å². The highest BCUT2D eigenvalue weighted by Gasteiger charge is 2.11. The van der Waals surface area contributed by atoms with Gasteiger partial charge in [-0.15, -0.1) is 11.3 Å². The summed E-state index contributed by atoms with van der Waals surface area (Å²) in [5.41, 5.74) is 1.16. The number of halogens is 2. The predicted octanol–water partition coefficient (Wildman–Crippen LogP) is 4.69. The molecular weight excluding hydrogens is 287 g/mol. The summed E-state index contributed by atoms with van der Waals surface area (Å²) >= 11 is 13.6. The number of hydrogen-bond donors (Lipinski definition) is 1. The zero-order chi connectivity index (χ0) is 13.0. The van der Waals surface area contributed by atoms with Gasteiger partial charge in [0.25, 0.3) is 0 Å². The molecule has 0 radical (unpaired) electrons. The Kier molecular flexibility index (Phi) is 5.01. The summed E-state index contributed by atoms with van der Waals surface area (Å²) in [5, 5.41) is 7.75. The molecule has 0 aliphatic carbocycles. The molecule has 0 saturated carbocycles. The van der Waals surface area contributed by atoms with Gasteiger partial charge in [0.05, 0.1) is 10.0 Å². The van der Waals surface area contributed by atoms with Gasteiger partial charge in [0.15, 0.2) is 0 Å². The first-order valence-electron chi connectivity index (χ1n) is 5.77. The molecule has 0 spiro atoms. The SMILES string of the molecule is CCC(NCc1nccs1)c1ccc(Cl)c(Cl)c1. The first-order valence-corrected chi connectivity index (χ1v) is 7.41. The van der Waals surface area contributed by atoms with Crippen molar-refractivity contribution in [3.05, 3.63) is 50.4 Å². The summed E-state index contributed by atoms with van der Waals surface area (Å²) in [7, 11) is 0. The van der Waals surface area contributed by atoms with Crippen molar-refractivity contribution in [1.29, 1.82) is 0 Å². The van der Waals surface area contributed by atoms with E-state index in [1.54, 1.807) is 11.3 Å². The van der Waals surface area contributed by atoms with Crippen LogP contribution in [0, 0.1) is 0 Å². The van der Waals surface area contributed by atoms with Crippen LogP contribution in [-0.4, -0.2) is 4.98 Å². The molecule has 1 unspecified atom stereocenters. The minimum atomic E-state index is 0.267. The maximum atomic E-state index is 6.04. The average molecular weight is 301 g/mol. The Labute approximate surface area is 121 Å². The van der Waals surface area contributed by atoms with E-state index in [0.717, 1.165) is 23.5 Å². The molecule has 0 fully saturated rings. The predicted molar refractivity (Wildman–Crippen MR) is 78.4 cm³/mol. The van der Waals surface area contributed by atoms with E-state index in [9.17, 15) is 0 Å².